The normalized spacial score (nSPS) is 33.6. The lowest BCUT2D eigenvalue weighted by Crippen LogP contribution is -2.13. The maximum absolute atomic E-state index is 8.79. The van der Waals surface area contributed by atoms with E-state index >= 15 is 0 Å². The fourth-order valence-electron chi connectivity index (χ4n) is 1.32. The van der Waals surface area contributed by atoms with E-state index in [1.54, 1.807) is 0 Å². The first-order valence-corrected chi connectivity index (χ1v) is 3.96. The van der Waals surface area contributed by atoms with Crippen LogP contribution >= 0.6 is 0 Å². The summed E-state index contributed by atoms with van der Waals surface area (Å²) in [6, 6.07) is 0. The maximum Gasteiger partial charge on any atom is 0.0602 e. The first-order valence-electron chi connectivity index (χ1n) is 3.96. The second-order valence-corrected chi connectivity index (χ2v) is 3.40. The summed E-state index contributed by atoms with van der Waals surface area (Å²) in [5, 5.41) is 8.79. The van der Waals surface area contributed by atoms with Gasteiger partial charge in [0.05, 0.1) is 12.7 Å². The highest BCUT2D eigenvalue weighted by Gasteiger charge is 2.26. The van der Waals surface area contributed by atoms with Crippen molar-refractivity contribution in [2.24, 2.45) is 11.8 Å². The Kier molecular flexibility index (Phi) is 2.69. The first kappa shape index (κ1) is 8.02. The van der Waals surface area contributed by atoms with Crippen LogP contribution in [0.4, 0.5) is 0 Å². The molecule has 2 nitrogen and oxygen atoms in total. The Labute approximate surface area is 62.2 Å². The third-order valence-electron chi connectivity index (χ3n) is 2.11. The van der Waals surface area contributed by atoms with Crippen LogP contribution in [-0.2, 0) is 4.74 Å². The van der Waals surface area contributed by atoms with Crippen LogP contribution in [0, 0.1) is 11.8 Å². The minimum absolute atomic E-state index is 0.281. The van der Waals surface area contributed by atoms with Crippen molar-refractivity contribution < 1.29 is 9.84 Å². The van der Waals surface area contributed by atoms with Gasteiger partial charge in [-0.2, -0.15) is 0 Å². The van der Waals surface area contributed by atoms with E-state index < -0.39 is 0 Å². The average Bonchev–Trinajstić information content (AvgIpc) is 2.34. The van der Waals surface area contributed by atoms with Gasteiger partial charge in [0.2, 0.25) is 0 Å². The molecule has 0 amide bonds. The molecule has 0 bridgehead atoms. The predicted octanol–water partition coefficient (Wildman–Crippen LogP) is 1.04. The third kappa shape index (κ3) is 1.70. The van der Waals surface area contributed by atoms with E-state index in [9.17, 15) is 0 Å². The van der Waals surface area contributed by atoms with Gasteiger partial charge < -0.3 is 9.84 Å². The van der Waals surface area contributed by atoms with Gasteiger partial charge in [-0.25, -0.2) is 0 Å². The van der Waals surface area contributed by atoms with Crippen molar-refractivity contribution >= 4 is 0 Å². The summed E-state index contributed by atoms with van der Waals surface area (Å²) in [5.41, 5.74) is 0. The highest BCUT2D eigenvalue weighted by molar-refractivity contribution is 4.74. The van der Waals surface area contributed by atoms with Crippen molar-refractivity contribution in [3.8, 4) is 0 Å². The van der Waals surface area contributed by atoms with Crippen LogP contribution in [0.3, 0.4) is 0 Å². The van der Waals surface area contributed by atoms with Crippen molar-refractivity contribution in [1.29, 1.82) is 0 Å². The molecule has 2 atom stereocenters. The van der Waals surface area contributed by atoms with Gasteiger partial charge in [0.1, 0.15) is 0 Å². The second-order valence-electron chi connectivity index (χ2n) is 3.40. The monoisotopic (exact) mass is 144 g/mol. The first-order chi connectivity index (χ1) is 4.74. The van der Waals surface area contributed by atoms with E-state index in [1.807, 2.05) is 0 Å². The van der Waals surface area contributed by atoms with Gasteiger partial charge in [0, 0.05) is 12.5 Å². The van der Waals surface area contributed by atoms with E-state index in [2.05, 4.69) is 13.8 Å². The van der Waals surface area contributed by atoms with Crippen LogP contribution < -0.4 is 0 Å². The minimum Gasteiger partial charge on any atom is -0.396 e. The summed E-state index contributed by atoms with van der Waals surface area (Å²) in [5.74, 6) is 0.990. The second kappa shape index (κ2) is 3.35. The molecule has 0 aromatic carbocycles. The van der Waals surface area contributed by atoms with Gasteiger partial charge >= 0.3 is 0 Å². The average molecular weight is 144 g/mol. The molecule has 1 aliphatic heterocycles. The van der Waals surface area contributed by atoms with Crippen molar-refractivity contribution in [3.05, 3.63) is 0 Å². The molecule has 0 aromatic heterocycles. The molecule has 1 heterocycles. The molecule has 10 heavy (non-hydrogen) atoms. The number of hydrogen-bond donors (Lipinski definition) is 1. The molecule has 2 heteroatoms. The number of hydrogen-bond acceptors (Lipinski definition) is 2. The van der Waals surface area contributed by atoms with Crippen molar-refractivity contribution in [3.63, 3.8) is 0 Å². The van der Waals surface area contributed by atoms with Gasteiger partial charge in [-0.05, 0) is 12.3 Å². The van der Waals surface area contributed by atoms with Crippen molar-refractivity contribution in [2.75, 3.05) is 13.2 Å². The molecular formula is C8H16O2. The Bertz CT molecular complexity index is 101. The van der Waals surface area contributed by atoms with Crippen molar-refractivity contribution in [1.82, 2.24) is 0 Å². The SMILES string of the molecule is CC(C)[C@H]1C[C@@H](CO)CO1. The number of aliphatic hydroxyl groups is 1. The van der Waals surface area contributed by atoms with Gasteiger partial charge in [-0.3, -0.25) is 0 Å². The topological polar surface area (TPSA) is 29.5 Å². The Balaban J connectivity index is 2.28. The molecule has 0 saturated carbocycles. The summed E-state index contributed by atoms with van der Waals surface area (Å²) in [4.78, 5) is 0. The Morgan fingerprint density at radius 2 is 2.30 bits per heavy atom. The lowest BCUT2D eigenvalue weighted by molar-refractivity contribution is 0.0705. The van der Waals surface area contributed by atoms with Crippen LogP contribution in [0.1, 0.15) is 20.3 Å². The molecule has 1 N–H and O–H groups in total. The molecule has 1 aliphatic rings. The minimum atomic E-state index is 0.281. The Morgan fingerprint density at radius 1 is 1.60 bits per heavy atom. The summed E-state index contributed by atoms with van der Waals surface area (Å²) in [7, 11) is 0. The van der Waals surface area contributed by atoms with Crippen LogP contribution in [-0.4, -0.2) is 24.4 Å². The van der Waals surface area contributed by atoms with E-state index in [0.717, 1.165) is 13.0 Å². The predicted molar refractivity (Wildman–Crippen MR) is 39.8 cm³/mol. The zero-order chi connectivity index (χ0) is 7.56. The molecule has 1 fully saturated rings. The number of rotatable bonds is 2. The molecule has 1 saturated heterocycles. The maximum atomic E-state index is 8.79. The lowest BCUT2D eigenvalue weighted by Gasteiger charge is -2.12. The summed E-state index contributed by atoms with van der Waals surface area (Å²) in [6.07, 6.45) is 1.42. The summed E-state index contributed by atoms with van der Waals surface area (Å²) in [6.45, 7) is 5.34. The zero-order valence-electron chi connectivity index (χ0n) is 6.71. The van der Waals surface area contributed by atoms with Gasteiger partial charge in [-0.15, -0.1) is 0 Å². The summed E-state index contributed by atoms with van der Waals surface area (Å²) >= 11 is 0. The van der Waals surface area contributed by atoms with Gasteiger partial charge in [-0.1, -0.05) is 13.8 Å². The molecule has 60 valence electrons. The van der Waals surface area contributed by atoms with Crippen LogP contribution in [0.25, 0.3) is 0 Å². The van der Waals surface area contributed by atoms with Crippen molar-refractivity contribution in [2.45, 2.75) is 26.4 Å². The Morgan fingerprint density at radius 3 is 2.60 bits per heavy atom. The quantitative estimate of drug-likeness (QED) is 0.627. The van der Waals surface area contributed by atoms with Gasteiger partial charge in [0.25, 0.3) is 0 Å². The molecular weight excluding hydrogens is 128 g/mol. The van der Waals surface area contributed by atoms with E-state index in [4.69, 9.17) is 9.84 Å². The highest BCUT2D eigenvalue weighted by Crippen LogP contribution is 2.24. The molecule has 0 radical (unpaired) electrons. The lowest BCUT2D eigenvalue weighted by atomic mass is 9.99. The van der Waals surface area contributed by atoms with Crippen LogP contribution in [0.5, 0.6) is 0 Å². The molecule has 1 rings (SSSR count). The van der Waals surface area contributed by atoms with Gasteiger partial charge in [0.15, 0.2) is 0 Å². The van der Waals surface area contributed by atoms with E-state index in [-0.39, 0.29) is 6.61 Å². The smallest absolute Gasteiger partial charge is 0.0602 e. The van der Waals surface area contributed by atoms with Crippen LogP contribution in [0.2, 0.25) is 0 Å². The fourth-order valence-corrected chi connectivity index (χ4v) is 1.32. The largest absolute Gasteiger partial charge is 0.396 e. The van der Waals surface area contributed by atoms with Crippen LogP contribution in [0.15, 0.2) is 0 Å². The zero-order valence-corrected chi connectivity index (χ0v) is 6.71. The molecule has 0 aliphatic carbocycles. The fraction of sp³-hybridized carbons (Fsp3) is 1.00. The third-order valence-corrected chi connectivity index (χ3v) is 2.11. The van der Waals surface area contributed by atoms with E-state index in [0.29, 0.717) is 17.9 Å². The van der Waals surface area contributed by atoms with E-state index in [1.165, 1.54) is 0 Å². The number of ether oxygens (including phenoxy) is 1. The summed E-state index contributed by atoms with van der Waals surface area (Å²) < 4.78 is 5.46. The molecule has 0 unspecified atom stereocenters. The number of aliphatic hydroxyl groups excluding tert-OH is 1. The highest BCUT2D eigenvalue weighted by atomic mass is 16.5. The Hall–Kier alpha value is -0.0800. The molecule has 0 aromatic rings. The molecule has 0 spiro atoms. The standard InChI is InChI=1S/C8H16O2/c1-6(2)8-3-7(4-9)5-10-8/h6-9H,3-5H2,1-2H3/t7-,8+/m0/s1.